The van der Waals surface area contributed by atoms with E-state index in [1.54, 1.807) is 0 Å². The smallest absolute Gasteiger partial charge is 0.150 e. The lowest BCUT2D eigenvalue weighted by atomic mass is 10.0. The first-order valence-electron chi connectivity index (χ1n) is 4.04. The first kappa shape index (κ1) is 9.00. The molecule has 0 unspecified atom stereocenters. The topological polar surface area (TPSA) is 60.2 Å². The van der Waals surface area contributed by atoms with E-state index in [9.17, 15) is 8.42 Å². The molecule has 1 atom stereocenters. The summed E-state index contributed by atoms with van der Waals surface area (Å²) in [6, 6.07) is 0. The number of hydrogen-bond donors (Lipinski definition) is 1. The Morgan fingerprint density at radius 1 is 1.45 bits per heavy atom. The summed E-state index contributed by atoms with van der Waals surface area (Å²) in [6.45, 7) is 0.677. The molecule has 1 aliphatic rings. The fourth-order valence-corrected chi connectivity index (χ4v) is 3.42. The molecule has 0 spiro atoms. The Hall–Kier alpha value is -0.0900. The van der Waals surface area contributed by atoms with Gasteiger partial charge in [0.15, 0.2) is 9.84 Å². The molecule has 1 rings (SSSR count). The molecule has 1 fully saturated rings. The van der Waals surface area contributed by atoms with Crippen molar-refractivity contribution < 1.29 is 8.42 Å². The molecule has 66 valence electrons. The van der Waals surface area contributed by atoms with E-state index in [-0.39, 0.29) is 0 Å². The molecule has 0 aromatic carbocycles. The monoisotopic (exact) mass is 177 g/mol. The average molecular weight is 177 g/mol. The van der Waals surface area contributed by atoms with Crippen LogP contribution in [0.3, 0.4) is 0 Å². The highest BCUT2D eigenvalue weighted by atomic mass is 32.2. The van der Waals surface area contributed by atoms with Gasteiger partial charge in [0.1, 0.15) is 0 Å². The Bertz CT molecular complexity index is 210. The first-order chi connectivity index (χ1) is 5.14. The fourth-order valence-electron chi connectivity index (χ4n) is 1.51. The summed E-state index contributed by atoms with van der Waals surface area (Å²) < 4.78 is 21.9. The second-order valence-electron chi connectivity index (χ2n) is 3.20. The van der Waals surface area contributed by atoms with Crippen LogP contribution in [0.25, 0.3) is 0 Å². The van der Waals surface area contributed by atoms with E-state index < -0.39 is 9.84 Å². The van der Waals surface area contributed by atoms with Gasteiger partial charge in [0.25, 0.3) is 0 Å². The average Bonchev–Trinajstić information content (AvgIpc) is 2.26. The lowest BCUT2D eigenvalue weighted by Gasteiger charge is -2.03. The normalized spacial score (nSPS) is 29.0. The standard InChI is InChI=1S/C7H15NO2S/c8-4-1-2-7-3-5-11(9,10)6-7/h7H,1-6,8H2/t7-/m0/s1. The van der Waals surface area contributed by atoms with Gasteiger partial charge in [-0.2, -0.15) is 0 Å². The SMILES string of the molecule is NCCC[C@H]1CCS(=O)(=O)C1. The maximum Gasteiger partial charge on any atom is 0.150 e. The highest BCUT2D eigenvalue weighted by molar-refractivity contribution is 7.91. The van der Waals surface area contributed by atoms with Crippen LogP contribution in [0.2, 0.25) is 0 Å². The van der Waals surface area contributed by atoms with E-state index in [2.05, 4.69) is 0 Å². The minimum absolute atomic E-state index is 0.391. The number of rotatable bonds is 3. The van der Waals surface area contributed by atoms with E-state index in [1.165, 1.54) is 0 Å². The summed E-state index contributed by atoms with van der Waals surface area (Å²) in [5.74, 6) is 1.18. The van der Waals surface area contributed by atoms with Crippen molar-refractivity contribution in [3.63, 3.8) is 0 Å². The first-order valence-corrected chi connectivity index (χ1v) is 5.87. The molecule has 0 amide bonds. The summed E-state index contributed by atoms with van der Waals surface area (Å²) in [7, 11) is -2.67. The Labute approximate surface area is 67.9 Å². The highest BCUT2D eigenvalue weighted by Crippen LogP contribution is 2.22. The van der Waals surface area contributed by atoms with Crippen molar-refractivity contribution >= 4 is 9.84 Å². The lowest BCUT2D eigenvalue weighted by Crippen LogP contribution is -2.07. The van der Waals surface area contributed by atoms with E-state index in [1.807, 2.05) is 0 Å². The molecule has 2 N–H and O–H groups in total. The zero-order chi connectivity index (χ0) is 8.32. The number of nitrogens with two attached hydrogens (primary N) is 1. The zero-order valence-electron chi connectivity index (χ0n) is 6.62. The van der Waals surface area contributed by atoms with Crippen LogP contribution in [0.5, 0.6) is 0 Å². The second-order valence-corrected chi connectivity index (χ2v) is 5.43. The van der Waals surface area contributed by atoms with Gasteiger partial charge in [-0.1, -0.05) is 0 Å². The Kier molecular flexibility index (Phi) is 2.90. The molecule has 1 aliphatic heterocycles. The molecule has 11 heavy (non-hydrogen) atoms. The maximum atomic E-state index is 11.0. The summed E-state index contributed by atoms with van der Waals surface area (Å²) in [5.41, 5.74) is 5.32. The number of sulfone groups is 1. The van der Waals surface area contributed by atoms with Crippen molar-refractivity contribution in [1.82, 2.24) is 0 Å². The molecule has 0 radical (unpaired) electrons. The lowest BCUT2D eigenvalue weighted by molar-refractivity contribution is 0.523. The third kappa shape index (κ3) is 2.79. The summed E-state index contributed by atoms with van der Waals surface area (Å²) in [5, 5.41) is 0. The predicted octanol–water partition coefficient (Wildman–Crippen LogP) is 0.160. The van der Waals surface area contributed by atoms with Gasteiger partial charge < -0.3 is 5.73 Å². The molecule has 3 nitrogen and oxygen atoms in total. The molecule has 0 aromatic rings. The zero-order valence-corrected chi connectivity index (χ0v) is 7.44. The van der Waals surface area contributed by atoms with Crippen LogP contribution in [0.4, 0.5) is 0 Å². The van der Waals surface area contributed by atoms with Crippen LogP contribution in [-0.4, -0.2) is 26.5 Å². The van der Waals surface area contributed by atoms with Crippen LogP contribution in [0.1, 0.15) is 19.3 Å². The van der Waals surface area contributed by atoms with Crippen molar-refractivity contribution in [2.24, 2.45) is 11.7 Å². The maximum absolute atomic E-state index is 11.0. The van der Waals surface area contributed by atoms with Crippen LogP contribution in [0, 0.1) is 5.92 Å². The van der Waals surface area contributed by atoms with Gasteiger partial charge in [-0.15, -0.1) is 0 Å². The van der Waals surface area contributed by atoms with Crippen LogP contribution in [0.15, 0.2) is 0 Å². The third-order valence-corrected chi connectivity index (χ3v) is 3.98. The minimum Gasteiger partial charge on any atom is -0.330 e. The van der Waals surface area contributed by atoms with Gasteiger partial charge in [-0.25, -0.2) is 8.42 Å². The molecular formula is C7H15NO2S. The van der Waals surface area contributed by atoms with Crippen molar-refractivity contribution in [1.29, 1.82) is 0 Å². The van der Waals surface area contributed by atoms with Crippen LogP contribution in [-0.2, 0) is 9.84 Å². The summed E-state index contributed by atoms with van der Waals surface area (Å²) in [4.78, 5) is 0. The second kappa shape index (κ2) is 3.54. The van der Waals surface area contributed by atoms with E-state index >= 15 is 0 Å². The van der Waals surface area contributed by atoms with Crippen LogP contribution < -0.4 is 5.73 Å². The van der Waals surface area contributed by atoms with Crippen molar-refractivity contribution in [2.45, 2.75) is 19.3 Å². The number of hydrogen-bond acceptors (Lipinski definition) is 3. The van der Waals surface area contributed by atoms with Gasteiger partial charge in [0.2, 0.25) is 0 Å². The molecule has 0 aromatic heterocycles. The van der Waals surface area contributed by atoms with E-state index in [0.29, 0.717) is 24.0 Å². The van der Waals surface area contributed by atoms with Crippen molar-refractivity contribution in [3.05, 3.63) is 0 Å². The molecular weight excluding hydrogens is 162 g/mol. The van der Waals surface area contributed by atoms with E-state index in [4.69, 9.17) is 5.73 Å². The summed E-state index contributed by atoms with van der Waals surface area (Å²) >= 11 is 0. The Morgan fingerprint density at radius 2 is 2.18 bits per heavy atom. The van der Waals surface area contributed by atoms with Crippen LogP contribution >= 0.6 is 0 Å². The molecule has 0 saturated carbocycles. The largest absolute Gasteiger partial charge is 0.330 e. The van der Waals surface area contributed by atoms with Gasteiger partial charge in [0.05, 0.1) is 11.5 Å². The summed E-state index contributed by atoms with van der Waals surface area (Å²) in [6.07, 6.45) is 2.79. The highest BCUT2D eigenvalue weighted by Gasteiger charge is 2.26. The van der Waals surface area contributed by atoms with E-state index in [0.717, 1.165) is 19.3 Å². The van der Waals surface area contributed by atoms with Crippen molar-refractivity contribution in [3.8, 4) is 0 Å². The molecule has 1 saturated heterocycles. The predicted molar refractivity (Wildman–Crippen MR) is 45.0 cm³/mol. The van der Waals surface area contributed by atoms with Crippen molar-refractivity contribution in [2.75, 3.05) is 18.1 Å². The molecule has 0 aliphatic carbocycles. The molecule has 0 bridgehead atoms. The van der Waals surface area contributed by atoms with Gasteiger partial charge in [-0.3, -0.25) is 0 Å². The van der Waals surface area contributed by atoms with Gasteiger partial charge >= 0.3 is 0 Å². The fraction of sp³-hybridized carbons (Fsp3) is 1.00. The van der Waals surface area contributed by atoms with Gasteiger partial charge in [-0.05, 0) is 31.7 Å². The Balaban J connectivity index is 2.31. The quantitative estimate of drug-likeness (QED) is 0.668. The van der Waals surface area contributed by atoms with Gasteiger partial charge in [0, 0.05) is 0 Å². The third-order valence-electron chi connectivity index (χ3n) is 2.14. The minimum atomic E-state index is -2.67. The molecule has 1 heterocycles. The Morgan fingerprint density at radius 3 is 2.64 bits per heavy atom. The molecule has 4 heteroatoms.